The molecule has 92 valence electrons. The molecule has 0 heterocycles. The van der Waals surface area contributed by atoms with E-state index in [0.29, 0.717) is 17.7 Å². The topological polar surface area (TPSA) is 29.1 Å². The number of hydrogen-bond acceptors (Lipinski definition) is 1. The fourth-order valence-electron chi connectivity index (χ4n) is 1.59. The lowest BCUT2D eigenvalue weighted by Crippen LogP contribution is -2.25. The summed E-state index contributed by atoms with van der Waals surface area (Å²) in [6.45, 7) is 3.35. The van der Waals surface area contributed by atoms with Gasteiger partial charge in [0, 0.05) is 5.69 Å². The van der Waals surface area contributed by atoms with Gasteiger partial charge in [0.15, 0.2) is 0 Å². The number of rotatable bonds is 2. The van der Waals surface area contributed by atoms with Crippen molar-refractivity contribution in [3.63, 3.8) is 0 Å². The molecule has 2 nitrogen and oxygen atoms in total. The monoisotopic (exact) mass is 275 g/mol. The number of amides is 1. The summed E-state index contributed by atoms with van der Waals surface area (Å²) in [6.07, 6.45) is 0.406. The summed E-state index contributed by atoms with van der Waals surface area (Å²) in [4.78, 5) is 11.9. The molecule has 0 spiro atoms. The average molecular weight is 276 g/mol. The first-order chi connectivity index (χ1) is 7.76. The Morgan fingerprint density at radius 2 is 2.06 bits per heavy atom. The lowest BCUT2D eigenvalue weighted by atomic mass is 10.1. The maximum absolute atomic E-state index is 13.3. The van der Waals surface area contributed by atoms with Crippen LogP contribution in [0.4, 0.5) is 10.1 Å². The Labute approximate surface area is 109 Å². The van der Waals surface area contributed by atoms with Crippen molar-refractivity contribution in [3.8, 4) is 0 Å². The predicted octanol–water partition coefficient (Wildman–Crippen LogP) is 3.66. The summed E-state index contributed by atoms with van der Waals surface area (Å²) >= 11 is 11.8. The molecule has 1 saturated carbocycles. The Kier molecular flexibility index (Phi) is 2.87. The zero-order valence-corrected chi connectivity index (χ0v) is 11.0. The van der Waals surface area contributed by atoms with E-state index in [1.807, 2.05) is 0 Å². The normalized spacial score (nSPS) is 25.5. The van der Waals surface area contributed by atoms with Gasteiger partial charge in [-0.05, 0) is 38.0 Å². The molecule has 1 N–H and O–H groups in total. The number of aryl methyl sites for hydroxylation is 1. The molecule has 1 fully saturated rings. The highest BCUT2D eigenvalue weighted by Crippen LogP contribution is 2.64. The van der Waals surface area contributed by atoms with Gasteiger partial charge < -0.3 is 5.32 Å². The summed E-state index contributed by atoms with van der Waals surface area (Å²) in [5.74, 6) is -0.641. The maximum Gasteiger partial charge on any atom is 0.233 e. The Balaban J connectivity index is 2.12. The van der Waals surface area contributed by atoms with Crippen molar-refractivity contribution in [1.82, 2.24) is 0 Å². The molecule has 1 aliphatic carbocycles. The highest BCUT2D eigenvalue weighted by atomic mass is 35.5. The second kappa shape index (κ2) is 3.85. The van der Waals surface area contributed by atoms with E-state index in [1.165, 1.54) is 6.07 Å². The van der Waals surface area contributed by atoms with Crippen molar-refractivity contribution in [2.45, 2.75) is 24.6 Å². The number of alkyl halides is 2. The van der Waals surface area contributed by atoms with Crippen LogP contribution in [0.1, 0.15) is 18.9 Å². The lowest BCUT2D eigenvalue weighted by Gasteiger charge is -2.12. The predicted molar refractivity (Wildman–Crippen MR) is 66.9 cm³/mol. The van der Waals surface area contributed by atoms with Gasteiger partial charge in [-0.3, -0.25) is 4.79 Å². The van der Waals surface area contributed by atoms with E-state index in [4.69, 9.17) is 23.2 Å². The van der Waals surface area contributed by atoms with Crippen LogP contribution in [0.25, 0.3) is 0 Å². The third kappa shape index (κ3) is 2.14. The molecule has 2 rings (SSSR count). The van der Waals surface area contributed by atoms with Crippen molar-refractivity contribution < 1.29 is 9.18 Å². The van der Waals surface area contributed by atoms with Crippen LogP contribution in [0.15, 0.2) is 18.2 Å². The van der Waals surface area contributed by atoms with Crippen LogP contribution >= 0.6 is 23.2 Å². The van der Waals surface area contributed by atoms with E-state index in [2.05, 4.69) is 5.32 Å². The molecule has 1 aromatic carbocycles. The van der Waals surface area contributed by atoms with Gasteiger partial charge in [-0.1, -0.05) is 6.07 Å². The SMILES string of the molecule is Cc1ccc(NC(=O)[C@@]2(C)CC2(Cl)Cl)cc1F. The molecule has 1 atom stereocenters. The molecule has 0 saturated heterocycles. The second-order valence-electron chi connectivity index (χ2n) is 4.63. The minimum atomic E-state index is -1.01. The molecule has 0 bridgehead atoms. The Bertz CT molecular complexity index is 489. The average Bonchev–Trinajstić information content (AvgIpc) is 2.74. The van der Waals surface area contributed by atoms with Gasteiger partial charge >= 0.3 is 0 Å². The summed E-state index contributed by atoms with van der Waals surface area (Å²) < 4.78 is 12.3. The Morgan fingerprint density at radius 3 is 2.53 bits per heavy atom. The lowest BCUT2D eigenvalue weighted by molar-refractivity contribution is -0.120. The van der Waals surface area contributed by atoms with Gasteiger partial charge in [0.25, 0.3) is 0 Å². The number of anilines is 1. The largest absolute Gasteiger partial charge is 0.325 e. The van der Waals surface area contributed by atoms with Crippen molar-refractivity contribution in [2.24, 2.45) is 5.41 Å². The molecule has 5 heteroatoms. The minimum absolute atomic E-state index is 0.286. The van der Waals surface area contributed by atoms with Crippen LogP contribution in [0.2, 0.25) is 0 Å². The summed E-state index contributed by atoms with van der Waals surface area (Å²) in [7, 11) is 0. The highest BCUT2D eigenvalue weighted by Gasteiger charge is 2.67. The molecule has 1 aromatic rings. The first kappa shape index (κ1) is 12.7. The Hall–Kier alpha value is -0.800. The van der Waals surface area contributed by atoms with Gasteiger partial charge in [0.05, 0.1) is 5.41 Å². The Morgan fingerprint density at radius 1 is 1.47 bits per heavy atom. The smallest absolute Gasteiger partial charge is 0.233 e. The van der Waals surface area contributed by atoms with E-state index in [9.17, 15) is 9.18 Å². The minimum Gasteiger partial charge on any atom is -0.325 e. The number of benzene rings is 1. The van der Waals surface area contributed by atoms with Crippen LogP contribution in [0, 0.1) is 18.2 Å². The van der Waals surface area contributed by atoms with Crippen LogP contribution in [0.3, 0.4) is 0 Å². The van der Waals surface area contributed by atoms with Gasteiger partial charge in [-0.25, -0.2) is 4.39 Å². The standard InChI is InChI=1S/C12H12Cl2FNO/c1-7-3-4-8(5-9(7)15)16-10(17)11(2)6-12(11,13)14/h3-5H,6H2,1-2H3,(H,16,17)/t11-/m1/s1. The first-order valence-electron chi connectivity index (χ1n) is 5.22. The molecule has 17 heavy (non-hydrogen) atoms. The van der Waals surface area contributed by atoms with Gasteiger partial charge in [-0.2, -0.15) is 0 Å². The number of carbonyl (C=O) groups excluding carboxylic acids is 1. The van der Waals surface area contributed by atoms with E-state index < -0.39 is 9.75 Å². The molecule has 1 aliphatic rings. The zero-order chi connectivity index (χ0) is 12.8. The molecule has 0 aliphatic heterocycles. The van der Waals surface area contributed by atoms with E-state index in [0.717, 1.165) is 0 Å². The third-order valence-corrected chi connectivity index (χ3v) is 4.29. The fraction of sp³-hybridized carbons (Fsp3) is 0.417. The second-order valence-corrected chi connectivity index (χ2v) is 6.12. The molecule has 0 radical (unpaired) electrons. The van der Waals surface area contributed by atoms with Crippen LogP contribution in [-0.4, -0.2) is 10.2 Å². The number of hydrogen-bond donors (Lipinski definition) is 1. The fourth-order valence-corrected chi connectivity index (χ4v) is 2.29. The van der Waals surface area contributed by atoms with Gasteiger partial charge in [0.2, 0.25) is 5.91 Å². The van der Waals surface area contributed by atoms with E-state index in [1.54, 1.807) is 26.0 Å². The number of carbonyl (C=O) groups is 1. The molecular weight excluding hydrogens is 264 g/mol. The molecular formula is C12H12Cl2FNO. The van der Waals surface area contributed by atoms with Crippen molar-refractivity contribution in [1.29, 1.82) is 0 Å². The zero-order valence-electron chi connectivity index (χ0n) is 9.48. The molecule has 1 amide bonds. The quantitative estimate of drug-likeness (QED) is 0.821. The van der Waals surface area contributed by atoms with E-state index in [-0.39, 0.29) is 11.7 Å². The van der Waals surface area contributed by atoms with Crippen molar-refractivity contribution in [2.75, 3.05) is 5.32 Å². The summed E-state index contributed by atoms with van der Waals surface area (Å²) in [5, 5.41) is 2.62. The number of halogens is 3. The van der Waals surface area contributed by atoms with E-state index >= 15 is 0 Å². The first-order valence-corrected chi connectivity index (χ1v) is 5.97. The molecule has 0 aromatic heterocycles. The van der Waals surface area contributed by atoms with Crippen LogP contribution < -0.4 is 5.32 Å². The summed E-state index contributed by atoms with van der Waals surface area (Å²) in [6, 6.07) is 4.53. The highest BCUT2D eigenvalue weighted by molar-refractivity contribution is 6.53. The van der Waals surface area contributed by atoms with Gasteiger partial charge in [-0.15, -0.1) is 23.2 Å². The number of nitrogens with one attached hydrogen (secondary N) is 1. The van der Waals surface area contributed by atoms with Crippen molar-refractivity contribution >= 4 is 34.8 Å². The van der Waals surface area contributed by atoms with Crippen LogP contribution in [-0.2, 0) is 4.79 Å². The van der Waals surface area contributed by atoms with Crippen LogP contribution in [0.5, 0.6) is 0 Å². The molecule has 0 unspecified atom stereocenters. The third-order valence-electron chi connectivity index (χ3n) is 3.19. The van der Waals surface area contributed by atoms with Crippen molar-refractivity contribution in [3.05, 3.63) is 29.6 Å². The summed E-state index contributed by atoms with van der Waals surface area (Å²) in [5.41, 5.74) is 0.150. The maximum atomic E-state index is 13.3. The van der Waals surface area contributed by atoms with Gasteiger partial charge in [0.1, 0.15) is 10.2 Å².